The van der Waals surface area contributed by atoms with E-state index >= 15 is 0 Å². The molecule has 2 N–H and O–H groups in total. The van der Waals surface area contributed by atoms with Crippen LogP contribution in [0, 0.1) is 0 Å². The van der Waals surface area contributed by atoms with Crippen LogP contribution in [-0.4, -0.2) is 49.9 Å². The molecule has 1 heterocycles. The van der Waals surface area contributed by atoms with Gasteiger partial charge in [0.1, 0.15) is 6.10 Å². The Morgan fingerprint density at radius 3 is 0.958 bits per heavy atom. The maximum Gasteiger partial charge on any atom is 0.104 e. The summed E-state index contributed by atoms with van der Waals surface area (Å²) < 4.78 is 9.56. The fraction of sp³-hybridized carbons (Fsp3) is 0.300. The first kappa shape index (κ1) is 49.5. The van der Waals surface area contributed by atoms with Crippen LogP contribution in [0.4, 0.5) is 0 Å². The number of hydrogen-bond acceptors (Lipinski definition) is 4. The van der Waals surface area contributed by atoms with Crippen LogP contribution in [0.5, 0.6) is 0 Å². The molecular weight excluding hydrogens is 304 g/mol. The molecule has 146 valence electrons. The van der Waals surface area contributed by atoms with E-state index in [4.69, 9.17) is 19.7 Å². The summed E-state index contributed by atoms with van der Waals surface area (Å²) in [6, 6.07) is 0. The predicted molar refractivity (Wildman–Crippen MR) is 115 cm³/mol. The number of aliphatic hydroxyl groups excluding tert-OH is 2. The Balaban J connectivity index is -0.0000000214. The molecule has 0 saturated carbocycles. The summed E-state index contributed by atoms with van der Waals surface area (Å²) in [6.07, 6.45) is 0.426. The monoisotopic (exact) mass is 346 g/mol. The van der Waals surface area contributed by atoms with Crippen LogP contribution >= 0.6 is 0 Å². The van der Waals surface area contributed by atoms with Gasteiger partial charge in [-0.2, -0.15) is 0 Å². The number of ether oxygens (including phenoxy) is 2. The van der Waals surface area contributed by atoms with Gasteiger partial charge in [0.15, 0.2) is 0 Å². The second kappa shape index (κ2) is 171. The number of epoxide rings is 1. The molecule has 1 atom stereocenters. The molecule has 1 fully saturated rings. The van der Waals surface area contributed by atoms with Gasteiger partial charge in [-0.15, -0.1) is 92.1 Å². The van der Waals surface area contributed by atoms with E-state index in [-0.39, 0.29) is 13.2 Å². The third-order valence-electron chi connectivity index (χ3n) is 0.855. The second-order valence-corrected chi connectivity index (χ2v) is 1.86. The van der Waals surface area contributed by atoms with Gasteiger partial charge in [-0.05, 0) is 0 Å². The minimum atomic E-state index is -0.125. The van der Waals surface area contributed by atoms with Gasteiger partial charge in [-0.3, -0.25) is 0 Å². The molecule has 4 heteroatoms. The minimum absolute atomic E-state index is 0.125. The lowest BCUT2D eigenvalue weighted by molar-refractivity contribution is 0.171. The first-order valence-corrected chi connectivity index (χ1v) is 6.67. The highest BCUT2D eigenvalue weighted by Crippen LogP contribution is 2.06. The molecule has 0 aromatic rings. The third kappa shape index (κ3) is 287. The number of rotatable bonds is 3. The Kier molecular flexibility index (Phi) is 353. The first-order valence-electron chi connectivity index (χ1n) is 6.67. The minimum Gasteiger partial charge on any atom is -0.394 e. The van der Waals surface area contributed by atoms with E-state index in [1.54, 1.807) is 7.11 Å². The molecule has 0 radical (unpaired) electrons. The van der Waals surface area contributed by atoms with Crippen molar-refractivity contribution >= 4 is 0 Å². The number of aliphatic hydroxyl groups is 2. The molecule has 1 rings (SSSR count). The van der Waals surface area contributed by atoms with Gasteiger partial charge >= 0.3 is 0 Å². The van der Waals surface area contributed by atoms with E-state index in [9.17, 15) is 0 Å². The van der Waals surface area contributed by atoms with Crippen LogP contribution in [0.2, 0.25) is 0 Å². The van der Waals surface area contributed by atoms with Crippen LogP contribution in [-0.2, 0) is 9.47 Å². The summed E-state index contributed by atoms with van der Waals surface area (Å²) in [5.74, 6) is 0. The van der Waals surface area contributed by atoms with Crippen molar-refractivity contribution in [1.82, 2.24) is 0 Å². The number of methoxy groups -OCH3 is 1. The Morgan fingerprint density at radius 2 is 0.917 bits per heavy atom. The fourth-order valence-electron chi connectivity index (χ4n) is 0.350. The zero-order chi connectivity index (χ0) is 21.8. The van der Waals surface area contributed by atoms with Crippen molar-refractivity contribution in [2.45, 2.75) is 6.10 Å². The van der Waals surface area contributed by atoms with E-state index in [0.29, 0.717) is 6.10 Å². The zero-order valence-corrected chi connectivity index (χ0v) is 16.0. The van der Waals surface area contributed by atoms with Gasteiger partial charge in [0.25, 0.3) is 0 Å². The molecule has 1 aliphatic rings. The number of hydrogen-bond donors (Lipinski definition) is 2. The quantitative estimate of drug-likeness (QED) is 0.578. The average molecular weight is 347 g/mol. The summed E-state index contributed by atoms with van der Waals surface area (Å²) in [6.45, 7) is 43.4. The molecule has 0 amide bonds. The van der Waals surface area contributed by atoms with Crippen molar-refractivity contribution in [3.8, 4) is 0 Å². The van der Waals surface area contributed by atoms with Gasteiger partial charge in [-0.1, -0.05) is 0 Å². The zero-order valence-electron chi connectivity index (χ0n) is 16.0. The smallest absolute Gasteiger partial charge is 0.104 e. The maximum atomic E-state index is 7.62. The SMILES string of the molecule is C=C.C=C.C=C.C=C.C=C.C=C.C=C.COCC1CO1.OCCO. The molecule has 0 bridgehead atoms. The molecule has 0 aromatic carbocycles. The largest absolute Gasteiger partial charge is 0.394 e. The van der Waals surface area contributed by atoms with Gasteiger partial charge in [0.05, 0.1) is 26.4 Å². The van der Waals surface area contributed by atoms with E-state index in [0.717, 1.165) is 13.2 Å². The van der Waals surface area contributed by atoms with Crippen LogP contribution in [0.3, 0.4) is 0 Å². The first-order chi connectivity index (χ1) is 11.8. The van der Waals surface area contributed by atoms with Gasteiger partial charge < -0.3 is 19.7 Å². The van der Waals surface area contributed by atoms with Crippen molar-refractivity contribution in [2.75, 3.05) is 33.5 Å². The van der Waals surface area contributed by atoms with Gasteiger partial charge in [0.2, 0.25) is 0 Å². The lowest BCUT2D eigenvalue weighted by Gasteiger charge is -1.84. The Bertz CT molecular complexity index is 118. The van der Waals surface area contributed by atoms with Crippen LogP contribution in [0.25, 0.3) is 0 Å². The van der Waals surface area contributed by atoms with Gasteiger partial charge in [-0.25, -0.2) is 0 Å². The molecule has 0 aliphatic carbocycles. The molecular formula is C20H42O4. The normalized spacial score (nSPS) is 10.0. The van der Waals surface area contributed by atoms with Gasteiger partial charge in [0, 0.05) is 7.11 Å². The highest BCUT2D eigenvalue weighted by molar-refractivity contribution is 4.66. The lowest BCUT2D eigenvalue weighted by Crippen LogP contribution is -1.94. The molecule has 24 heavy (non-hydrogen) atoms. The van der Waals surface area contributed by atoms with Crippen molar-refractivity contribution in [1.29, 1.82) is 0 Å². The maximum absolute atomic E-state index is 7.62. The topological polar surface area (TPSA) is 62.2 Å². The lowest BCUT2D eigenvalue weighted by atomic mass is 10.5. The predicted octanol–water partition coefficient (Wildman–Crippen LogP) is 4.62. The summed E-state index contributed by atoms with van der Waals surface area (Å²) in [5.41, 5.74) is 0. The summed E-state index contributed by atoms with van der Waals surface area (Å²) >= 11 is 0. The van der Waals surface area contributed by atoms with Crippen molar-refractivity contribution in [3.63, 3.8) is 0 Å². The summed E-state index contributed by atoms with van der Waals surface area (Å²) in [4.78, 5) is 0. The van der Waals surface area contributed by atoms with E-state index < -0.39 is 0 Å². The van der Waals surface area contributed by atoms with E-state index in [2.05, 4.69) is 92.1 Å². The molecule has 1 aliphatic heterocycles. The Morgan fingerprint density at radius 1 is 0.708 bits per heavy atom. The highest BCUT2D eigenvalue weighted by Gasteiger charge is 2.21. The highest BCUT2D eigenvalue weighted by atomic mass is 16.6. The van der Waals surface area contributed by atoms with Crippen LogP contribution in [0.15, 0.2) is 92.1 Å². The summed E-state index contributed by atoms with van der Waals surface area (Å²) in [5, 5.41) is 15.2. The molecule has 1 saturated heterocycles. The molecule has 4 nitrogen and oxygen atoms in total. The van der Waals surface area contributed by atoms with Crippen molar-refractivity contribution in [3.05, 3.63) is 92.1 Å². The van der Waals surface area contributed by atoms with E-state index in [1.807, 2.05) is 0 Å². The second-order valence-electron chi connectivity index (χ2n) is 1.86. The molecule has 1 unspecified atom stereocenters. The Hall–Kier alpha value is -1.98. The fourth-order valence-corrected chi connectivity index (χ4v) is 0.350. The van der Waals surface area contributed by atoms with Crippen LogP contribution < -0.4 is 0 Å². The average Bonchev–Trinajstić information content (AvgIpc) is 3.57. The van der Waals surface area contributed by atoms with Crippen LogP contribution in [0.1, 0.15) is 0 Å². The molecule has 0 spiro atoms. The third-order valence-corrected chi connectivity index (χ3v) is 0.855. The Labute approximate surface area is 152 Å². The van der Waals surface area contributed by atoms with Crippen molar-refractivity contribution < 1.29 is 19.7 Å². The van der Waals surface area contributed by atoms with Crippen molar-refractivity contribution in [2.24, 2.45) is 0 Å². The van der Waals surface area contributed by atoms with E-state index in [1.165, 1.54) is 0 Å². The standard InChI is InChI=1S/C4H8O2.C2H6O2.7C2H4/c1-5-2-4-3-6-4;3-1-2-4;7*1-2/h4H,2-3H2,1H3;3-4H,1-2H2;7*1-2H2. The molecule has 0 aromatic heterocycles. The summed E-state index contributed by atoms with van der Waals surface area (Å²) in [7, 11) is 1.68.